The van der Waals surface area contributed by atoms with E-state index in [-0.39, 0.29) is 0 Å². The van der Waals surface area contributed by atoms with Crippen LogP contribution in [0, 0.1) is 0 Å². The van der Waals surface area contributed by atoms with Gasteiger partial charge >= 0.3 is 5.97 Å². The van der Waals surface area contributed by atoms with E-state index in [9.17, 15) is 9.90 Å². The second-order valence-corrected chi connectivity index (χ2v) is 9.27. The van der Waals surface area contributed by atoms with Gasteiger partial charge in [0.15, 0.2) is 0 Å². The van der Waals surface area contributed by atoms with Crippen LogP contribution in [0.2, 0.25) is 12.1 Å². The molecule has 0 amide bonds. The zero-order chi connectivity index (χ0) is 14.3. The summed E-state index contributed by atoms with van der Waals surface area (Å²) in [6.45, 7) is 6.45. The maximum Gasteiger partial charge on any atom is 0.310 e. The van der Waals surface area contributed by atoms with Crippen molar-refractivity contribution >= 4 is 14.8 Å². The van der Waals surface area contributed by atoms with E-state index < -0.39 is 19.8 Å². The quantitative estimate of drug-likeness (QED) is 0.730. The number of hydrogen-bond acceptors (Lipinski definition) is 1. The van der Waals surface area contributed by atoms with Crippen LogP contribution in [0.3, 0.4) is 0 Å². The van der Waals surface area contributed by atoms with Gasteiger partial charge in [-0.1, -0.05) is 76.0 Å². The molecule has 19 heavy (non-hydrogen) atoms. The van der Waals surface area contributed by atoms with Gasteiger partial charge in [0.25, 0.3) is 0 Å². The lowest BCUT2D eigenvalue weighted by molar-refractivity contribution is -0.141. The fraction of sp³-hybridized carbons (Fsp3) is 0.562. The molecule has 0 saturated carbocycles. The summed E-state index contributed by atoms with van der Waals surface area (Å²) in [5.74, 6) is -0.604. The Hall–Kier alpha value is -1.09. The topological polar surface area (TPSA) is 37.3 Å². The van der Waals surface area contributed by atoms with E-state index in [4.69, 9.17) is 0 Å². The summed E-state index contributed by atoms with van der Waals surface area (Å²) in [5, 5.41) is 9.39. The maximum atomic E-state index is 12.1. The smallest absolute Gasteiger partial charge is 0.310 e. The molecule has 106 valence electrons. The summed E-state index contributed by atoms with van der Waals surface area (Å²) in [5.41, 5.74) is 1.02. The molecule has 0 radical (unpaired) electrons. The monoisotopic (exact) mass is 278 g/mol. The Bertz CT molecular complexity index is 387. The number of carbonyl (C=O) groups is 1. The minimum Gasteiger partial charge on any atom is -0.481 e. The highest BCUT2D eigenvalue weighted by Crippen LogP contribution is 2.36. The maximum absolute atomic E-state index is 12.1. The van der Waals surface area contributed by atoms with Gasteiger partial charge in [0.2, 0.25) is 0 Å². The first-order valence-corrected chi connectivity index (χ1v) is 9.63. The normalized spacial score (nSPS) is 14.3. The molecule has 0 saturated heterocycles. The second-order valence-electron chi connectivity index (χ2n) is 5.26. The van der Waals surface area contributed by atoms with Crippen molar-refractivity contribution in [2.24, 2.45) is 0 Å². The van der Waals surface area contributed by atoms with E-state index in [0.717, 1.165) is 36.9 Å². The van der Waals surface area contributed by atoms with Gasteiger partial charge in [-0.2, -0.15) is 0 Å². The highest BCUT2D eigenvalue weighted by Gasteiger charge is 2.45. The SMILES string of the molecule is CCCCC(C(=O)O)(c1ccccc1)[SiH](CC)CC. The van der Waals surface area contributed by atoms with Crippen LogP contribution >= 0.6 is 0 Å². The first kappa shape index (κ1) is 16.0. The standard InChI is InChI=1S/C16H26O2Si/c1-4-7-13-16(15(17)18,19(5-2)6-3)14-11-9-8-10-12-14/h8-12,19H,4-7,13H2,1-3H3,(H,17,18). The van der Waals surface area contributed by atoms with Crippen LogP contribution in [-0.4, -0.2) is 19.9 Å². The largest absolute Gasteiger partial charge is 0.481 e. The summed E-state index contributed by atoms with van der Waals surface area (Å²) in [6.07, 6.45) is 2.84. The number of benzene rings is 1. The van der Waals surface area contributed by atoms with Gasteiger partial charge in [0, 0.05) is 0 Å². The van der Waals surface area contributed by atoms with Crippen molar-refractivity contribution in [1.29, 1.82) is 0 Å². The van der Waals surface area contributed by atoms with Crippen molar-refractivity contribution in [3.8, 4) is 0 Å². The molecule has 0 aliphatic rings. The molecule has 1 atom stereocenters. The van der Waals surface area contributed by atoms with Crippen molar-refractivity contribution in [3.05, 3.63) is 35.9 Å². The van der Waals surface area contributed by atoms with Crippen LogP contribution in [0.5, 0.6) is 0 Å². The van der Waals surface area contributed by atoms with Crippen LogP contribution in [0.25, 0.3) is 0 Å². The zero-order valence-electron chi connectivity index (χ0n) is 12.4. The van der Waals surface area contributed by atoms with Crippen LogP contribution in [-0.2, 0) is 9.83 Å². The van der Waals surface area contributed by atoms with Crippen molar-refractivity contribution in [3.63, 3.8) is 0 Å². The van der Waals surface area contributed by atoms with E-state index in [1.807, 2.05) is 30.3 Å². The number of aliphatic carboxylic acids is 1. The van der Waals surface area contributed by atoms with E-state index in [1.54, 1.807) is 0 Å². The lowest BCUT2D eigenvalue weighted by Gasteiger charge is -2.36. The number of carboxylic acid groups (broad SMARTS) is 1. The van der Waals surface area contributed by atoms with Gasteiger partial charge in [0.05, 0.1) is 13.8 Å². The van der Waals surface area contributed by atoms with E-state index >= 15 is 0 Å². The van der Waals surface area contributed by atoms with Crippen molar-refractivity contribution in [1.82, 2.24) is 0 Å². The third-order valence-electron chi connectivity index (χ3n) is 4.28. The van der Waals surface area contributed by atoms with Gasteiger partial charge < -0.3 is 5.11 Å². The minimum atomic E-state index is -1.36. The fourth-order valence-corrected chi connectivity index (χ4v) is 6.76. The van der Waals surface area contributed by atoms with Gasteiger partial charge in [-0.05, 0) is 12.0 Å². The predicted molar refractivity (Wildman–Crippen MR) is 83.4 cm³/mol. The van der Waals surface area contributed by atoms with Gasteiger partial charge in [-0.3, -0.25) is 4.79 Å². The molecule has 1 unspecified atom stereocenters. The predicted octanol–water partition coefficient (Wildman–Crippen LogP) is 4.01. The number of hydrogen-bond donors (Lipinski definition) is 1. The molecule has 1 N–H and O–H groups in total. The van der Waals surface area contributed by atoms with Crippen LogP contribution in [0.1, 0.15) is 45.6 Å². The Labute approximate surface area is 118 Å². The summed E-state index contributed by atoms with van der Waals surface area (Å²) in [7, 11) is -1.36. The Morgan fingerprint density at radius 2 is 1.74 bits per heavy atom. The highest BCUT2D eigenvalue weighted by molar-refractivity contribution is 6.66. The average Bonchev–Trinajstić information content (AvgIpc) is 2.44. The number of unbranched alkanes of at least 4 members (excludes halogenated alkanes) is 1. The van der Waals surface area contributed by atoms with Gasteiger partial charge in [0.1, 0.15) is 0 Å². The molecule has 0 spiro atoms. The first-order chi connectivity index (χ1) is 9.13. The lowest BCUT2D eigenvalue weighted by atomic mass is 9.92. The summed E-state index contributed by atoms with van der Waals surface area (Å²) >= 11 is 0. The minimum absolute atomic E-state index is 0.583. The molecule has 0 aliphatic carbocycles. The summed E-state index contributed by atoms with van der Waals surface area (Å²) in [6, 6.07) is 12.0. The second kappa shape index (κ2) is 7.48. The third kappa shape index (κ3) is 3.27. The summed E-state index contributed by atoms with van der Waals surface area (Å²) < 4.78 is 0. The Morgan fingerprint density at radius 1 is 1.16 bits per heavy atom. The molecule has 0 heterocycles. The van der Waals surface area contributed by atoms with Crippen LogP contribution in [0.4, 0.5) is 0 Å². The lowest BCUT2D eigenvalue weighted by Crippen LogP contribution is -2.49. The van der Waals surface area contributed by atoms with Gasteiger partial charge in [-0.25, -0.2) is 0 Å². The molecule has 1 rings (SSSR count). The molecule has 0 bridgehead atoms. The molecule has 0 aliphatic heterocycles. The Morgan fingerprint density at radius 3 is 2.16 bits per heavy atom. The van der Waals surface area contributed by atoms with E-state index in [1.165, 1.54) is 0 Å². The number of rotatable bonds is 8. The molecule has 1 aromatic carbocycles. The zero-order valence-corrected chi connectivity index (χ0v) is 13.5. The molecule has 1 aromatic rings. The van der Waals surface area contributed by atoms with Crippen molar-refractivity contribution in [2.75, 3.05) is 0 Å². The molecule has 0 fully saturated rings. The van der Waals surface area contributed by atoms with E-state index in [0.29, 0.717) is 0 Å². The Kier molecular flexibility index (Phi) is 6.29. The molecule has 3 heteroatoms. The molecule has 0 aromatic heterocycles. The fourth-order valence-electron chi connectivity index (χ4n) is 3.17. The molecular weight excluding hydrogens is 252 g/mol. The highest BCUT2D eigenvalue weighted by atomic mass is 28.3. The number of carboxylic acids is 1. The van der Waals surface area contributed by atoms with Crippen molar-refractivity contribution in [2.45, 2.75) is 57.2 Å². The third-order valence-corrected chi connectivity index (χ3v) is 8.51. The average molecular weight is 278 g/mol. The van der Waals surface area contributed by atoms with Crippen LogP contribution < -0.4 is 0 Å². The Balaban J connectivity index is 3.30. The molecule has 2 nitrogen and oxygen atoms in total. The van der Waals surface area contributed by atoms with Crippen LogP contribution in [0.15, 0.2) is 30.3 Å². The van der Waals surface area contributed by atoms with Crippen molar-refractivity contribution < 1.29 is 9.90 Å². The van der Waals surface area contributed by atoms with E-state index in [2.05, 4.69) is 20.8 Å². The molecular formula is C16H26O2Si. The summed E-state index contributed by atoms with van der Waals surface area (Å²) in [4.78, 5) is 12.1. The first-order valence-electron chi connectivity index (χ1n) is 7.42. The van der Waals surface area contributed by atoms with Gasteiger partial charge in [-0.15, -0.1) is 0 Å².